The Morgan fingerprint density at radius 1 is 1.25 bits per heavy atom. The van der Waals surface area contributed by atoms with Crippen LogP contribution in [0.3, 0.4) is 0 Å². The van der Waals surface area contributed by atoms with Crippen LogP contribution >= 0.6 is 0 Å². The van der Waals surface area contributed by atoms with Gasteiger partial charge in [0.15, 0.2) is 0 Å². The van der Waals surface area contributed by atoms with Crippen LogP contribution in [0.4, 0.5) is 0 Å². The molecule has 0 aromatic heterocycles. The van der Waals surface area contributed by atoms with Crippen molar-refractivity contribution in [2.24, 2.45) is 5.92 Å². The molecule has 92 valence electrons. The molecule has 1 aliphatic rings. The van der Waals surface area contributed by atoms with Crippen LogP contribution in [0.15, 0.2) is 0 Å². The molecule has 0 aromatic rings. The summed E-state index contributed by atoms with van der Waals surface area (Å²) < 4.78 is 0. The third-order valence-corrected chi connectivity index (χ3v) is 3.44. The van der Waals surface area contributed by atoms with Gasteiger partial charge in [0.2, 0.25) is 0 Å². The van der Waals surface area contributed by atoms with Gasteiger partial charge in [-0.1, -0.05) is 13.8 Å². The SMILES string of the molecule is CC(C)CNC1(C#N)CCN(C(C)C)CC1. The van der Waals surface area contributed by atoms with Crippen LogP contribution in [-0.2, 0) is 0 Å². The van der Waals surface area contributed by atoms with E-state index < -0.39 is 0 Å². The molecule has 0 atom stereocenters. The number of nitrogens with one attached hydrogen (secondary N) is 1. The van der Waals surface area contributed by atoms with E-state index in [-0.39, 0.29) is 5.54 Å². The molecule has 1 aliphatic heterocycles. The van der Waals surface area contributed by atoms with Crippen LogP contribution in [0.5, 0.6) is 0 Å². The normalized spacial score (nSPS) is 21.3. The summed E-state index contributed by atoms with van der Waals surface area (Å²) >= 11 is 0. The van der Waals surface area contributed by atoms with E-state index in [0.29, 0.717) is 12.0 Å². The molecule has 0 radical (unpaired) electrons. The first kappa shape index (κ1) is 13.5. The maximum absolute atomic E-state index is 9.35. The van der Waals surface area contributed by atoms with E-state index in [1.54, 1.807) is 0 Å². The van der Waals surface area contributed by atoms with Crippen LogP contribution in [0.25, 0.3) is 0 Å². The fraction of sp³-hybridized carbons (Fsp3) is 0.923. The van der Waals surface area contributed by atoms with Gasteiger partial charge in [-0.2, -0.15) is 5.26 Å². The molecule has 0 unspecified atom stereocenters. The summed E-state index contributed by atoms with van der Waals surface area (Å²) in [6, 6.07) is 3.09. The third-order valence-electron chi connectivity index (χ3n) is 3.44. The predicted octanol–water partition coefficient (Wildman–Crippen LogP) is 2.00. The molecule has 16 heavy (non-hydrogen) atoms. The summed E-state index contributed by atoms with van der Waals surface area (Å²) in [7, 11) is 0. The van der Waals surface area contributed by atoms with Crippen molar-refractivity contribution >= 4 is 0 Å². The molecule has 1 rings (SSSR count). The van der Waals surface area contributed by atoms with Crippen molar-refractivity contribution in [1.29, 1.82) is 5.26 Å². The molecule has 3 heteroatoms. The number of piperidine rings is 1. The Bertz CT molecular complexity index is 244. The van der Waals surface area contributed by atoms with E-state index >= 15 is 0 Å². The van der Waals surface area contributed by atoms with Gasteiger partial charge in [0, 0.05) is 19.1 Å². The molecular weight excluding hydrogens is 198 g/mol. The zero-order valence-electron chi connectivity index (χ0n) is 11.1. The number of nitrogens with zero attached hydrogens (tertiary/aromatic N) is 2. The number of likely N-dealkylation sites (tertiary alicyclic amines) is 1. The Labute approximate surface area is 99.8 Å². The van der Waals surface area contributed by atoms with Gasteiger partial charge in [0.05, 0.1) is 6.07 Å². The monoisotopic (exact) mass is 223 g/mol. The minimum absolute atomic E-state index is 0.268. The van der Waals surface area contributed by atoms with Crippen molar-refractivity contribution in [2.75, 3.05) is 19.6 Å². The summed E-state index contributed by atoms with van der Waals surface area (Å²) in [6.07, 6.45) is 1.91. The highest BCUT2D eigenvalue weighted by atomic mass is 15.2. The van der Waals surface area contributed by atoms with Gasteiger partial charge in [-0.25, -0.2) is 0 Å². The van der Waals surface area contributed by atoms with Crippen LogP contribution in [0.2, 0.25) is 0 Å². The predicted molar refractivity (Wildman–Crippen MR) is 67.1 cm³/mol. The van der Waals surface area contributed by atoms with Crippen LogP contribution in [0, 0.1) is 17.2 Å². The number of rotatable bonds is 4. The zero-order valence-corrected chi connectivity index (χ0v) is 11.1. The minimum Gasteiger partial charge on any atom is -0.301 e. The maximum Gasteiger partial charge on any atom is 0.109 e. The van der Waals surface area contributed by atoms with Crippen molar-refractivity contribution in [3.05, 3.63) is 0 Å². The highest BCUT2D eigenvalue weighted by Gasteiger charge is 2.34. The fourth-order valence-corrected chi connectivity index (χ4v) is 2.15. The second-order valence-electron chi connectivity index (χ2n) is 5.60. The van der Waals surface area contributed by atoms with Crippen LogP contribution < -0.4 is 5.32 Å². The summed E-state index contributed by atoms with van der Waals surface area (Å²) in [4.78, 5) is 2.45. The first-order chi connectivity index (χ1) is 7.49. The molecule has 0 saturated carbocycles. The summed E-state index contributed by atoms with van der Waals surface area (Å²) in [6.45, 7) is 11.8. The lowest BCUT2D eigenvalue weighted by Gasteiger charge is -2.40. The van der Waals surface area contributed by atoms with E-state index in [1.807, 2.05) is 0 Å². The lowest BCUT2D eigenvalue weighted by molar-refractivity contribution is 0.134. The van der Waals surface area contributed by atoms with Crippen molar-refractivity contribution in [1.82, 2.24) is 10.2 Å². The molecule has 1 N–H and O–H groups in total. The summed E-state index contributed by atoms with van der Waals surface area (Å²) in [5, 5.41) is 12.8. The van der Waals surface area contributed by atoms with Gasteiger partial charge in [-0.15, -0.1) is 0 Å². The first-order valence-electron chi connectivity index (χ1n) is 6.39. The van der Waals surface area contributed by atoms with Gasteiger partial charge in [-0.3, -0.25) is 5.32 Å². The van der Waals surface area contributed by atoms with E-state index in [2.05, 4.69) is 44.0 Å². The molecule has 0 bridgehead atoms. The molecule has 0 aromatic carbocycles. The fourth-order valence-electron chi connectivity index (χ4n) is 2.15. The molecular formula is C13H25N3. The third kappa shape index (κ3) is 3.47. The largest absolute Gasteiger partial charge is 0.301 e. The molecule has 0 spiro atoms. The van der Waals surface area contributed by atoms with Gasteiger partial charge in [-0.05, 0) is 39.2 Å². The smallest absolute Gasteiger partial charge is 0.109 e. The highest BCUT2D eigenvalue weighted by Crippen LogP contribution is 2.23. The van der Waals surface area contributed by atoms with Crippen LogP contribution in [-0.4, -0.2) is 36.1 Å². The average Bonchev–Trinajstić information content (AvgIpc) is 2.27. The molecule has 1 heterocycles. The molecule has 3 nitrogen and oxygen atoms in total. The van der Waals surface area contributed by atoms with Crippen molar-refractivity contribution in [2.45, 2.75) is 52.1 Å². The maximum atomic E-state index is 9.35. The number of hydrogen-bond acceptors (Lipinski definition) is 3. The number of hydrogen-bond donors (Lipinski definition) is 1. The quantitative estimate of drug-likeness (QED) is 0.792. The van der Waals surface area contributed by atoms with E-state index in [1.165, 1.54) is 0 Å². The van der Waals surface area contributed by atoms with E-state index in [0.717, 1.165) is 32.5 Å². The molecule has 0 amide bonds. The first-order valence-corrected chi connectivity index (χ1v) is 6.39. The molecule has 1 fully saturated rings. The van der Waals surface area contributed by atoms with Gasteiger partial charge in [0.25, 0.3) is 0 Å². The Morgan fingerprint density at radius 2 is 1.81 bits per heavy atom. The average molecular weight is 223 g/mol. The minimum atomic E-state index is -0.268. The molecule has 0 aliphatic carbocycles. The Hall–Kier alpha value is -0.590. The Morgan fingerprint density at radius 3 is 2.19 bits per heavy atom. The van der Waals surface area contributed by atoms with E-state index in [9.17, 15) is 5.26 Å². The lowest BCUT2D eigenvalue weighted by Crippen LogP contribution is -2.54. The molecule has 1 saturated heterocycles. The van der Waals surface area contributed by atoms with Gasteiger partial charge in [0.1, 0.15) is 5.54 Å². The standard InChI is InChI=1S/C13H25N3/c1-11(2)9-15-13(10-14)5-7-16(8-6-13)12(3)4/h11-12,15H,5-9H2,1-4H3. The Balaban J connectivity index is 2.49. The van der Waals surface area contributed by atoms with Gasteiger partial charge < -0.3 is 4.90 Å². The number of nitriles is 1. The summed E-state index contributed by atoms with van der Waals surface area (Å²) in [5.74, 6) is 0.605. The summed E-state index contributed by atoms with van der Waals surface area (Å²) in [5.41, 5.74) is -0.268. The van der Waals surface area contributed by atoms with Crippen molar-refractivity contribution < 1.29 is 0 Å². The van der Waals surface area contributed by atoms with Gasteiger partial charge >= 0.3 is 0 Å². The Kier molecular flexibility index (Phi) is 4.76. The second-order valence-corrected chi connectivity index (χ2v) is 5.60. The topological polar surface area (TPSA) is 39.1 Å². The second kappa shape index (κ2) is 5.65. The van der Waals surface area contributed by atoms with Crippen molar-refractivity contribution in [3.8, 4) is 6.07 Å². The zero-order chi connectivity index (χ0) is 12.2. The van der Waals surface area contributed by atoms with Crippen LogP contribution in [0.1, 0.15) is 40.5 Å². The van der Waals surface area contributed by atoms with Crippen molar-refractivity contribution in [3.63, 3.8) is 0 Å². The van der Waals surface area contributed by atoms with E-state index in [4.69, 9.17) is 0 Å². The highest BCUT2D eigenvalue weighted by molar-refractivity contribution is 5.09. The lowest BCUT2D eigenvalue weighted by atomic mass is 9.88.